The summed E-state index contributed by atoms with van der Waals surface area (Å²) in [6.07, 6.45) is -0.442. The standard InChI is InChI=1S/C16H20FN3O3/c1-10-8-19(5-4-15(10)21)14-3-2-11(6-13(14)17)20-9-12(7-18)23-16(20)22/h2-3,6,10,12H,4-5,7-9,18H2,1H3/t10?,12-/m0/s1. The number of Topliss-reactive ketones (excluding diaryl/α,β-unsaturated/α-hetero) is 1. The van der Waals surface area contributed by atoms with Crippen LogP contribution in [0.1, 0.15) is 13.3 Å². The molecule has 1 unspecified atom stereocenters. The second kappa shape index (κ2) is 6.16. The van der Waals surface area contributed by atoms with Crippen molar-refractivity contribution in [3.8, 4) is 0 Å². The highest BCUT2D eigenvalue weighted by molar-refractivity contribution is 5.90. The number of nitrogens with zero attached hydrogens (tertiary/aromatic N) is 2. The Hall–Kier alpha value is -2.15. The van der Waals surface area contributed by atoms with Crippen LogP contribution in [0.3, 0.4) is 0 Å². The zero-order valence-electron chi connectivity index (χ0n) is 13.0. The van der Waals surface area contributed by atoms with Crippen molar-refractivity contribution < 1.29 is 18.7 Å². The first kappa shape index (κ1) is 15.7. The van der Waals surface area contributed by atoms with Crippen molar-refractivity contribution in [1.82, 2.24) is 0 Å². The van der Waals surface area contributed by atoms with Gasteiger partial charge in [-0.05, 0) is 18.2 Å². The van der Waals surface area contributed by atoms with Crippen molar-refractivity contribution in [2.45, 2.75) is 19.4 Å². The maximum absolute atomic E-state index is 14.5. The number of ether oxygens (including phenoxy) is 1. The highest BCUT2D eigenvalue weighted by Gasteiger charge is 2.32. The summed E-state index contributed by atoms with van der Waals surface area (Å²) in [5.41, 5.74) is 6.41. The van der Waals surface area contributed by atoms with Gasteiger partial charge in [0.1, 0.15) is 17.7 Å². The zero-order chi connectivity index (χ0) is 16.6. The maximum atomic E-state index is 14.5. The number of anilines is 2. The molecule has 124 valence electrons. The lowest BCUT2D eigenvalue weighted by atomic mass is 9.98. The number of hydrogen-bond donors (Lipinski definition) is 1. The topological polar surface area (TPSA) is 75.9 Å². The molecule has 2 aliphatic heterocycles. The molecule has 0 radical (unpaired) electrons. The third-order valence-electron chi connectivity index (χ3n) is 4.39. The van der Waals surface area contributed by atoms with Gasteiger partial charge < -0.3 is 15.4 Å². The Morgan fingerprint density at radius 2 is 2.13 bits per heavy atom. The minimum Gasteiger partial charge on any atom is -0.443 e. The van der Waals surface area contributed by atoms with Crippen LogP contribution >= 0.6 is 0 Å². The first-order valence-corrected chi connectivity index (χ1v) is 7.75. The first-order valence-electron chi connectivity index (χ1n) is 7.75. The van der Waals surface area contributed by atoms with Gasteiger partial charge in [-0.25, -0.2) is 9.18 Å². The van der Waals surface area contributed by atoms with Crippen LogP contribution in [0.5, 0.6) is 0 Å². The van der Waals surface area contributed by atoms with E-state index in [0.717, 1.165) is 0 Å². The number of nitrogens with two attached hydrogens (primary N) is 1. The number of halogens is 1. The molecule has 0 spiro atoms. The molecule has 1 aromatic rings. The predicted octanol–water partition coefficient (Wildman–Crippen LogP) is 1.52. The Morgan fingerprint density at radius 1 is 1.35 bits per heavy atom. The molecule has 0 bridgehead atoms. The van der Waals surface area contributed by atoms with E-state index in [1.807, 2.05) is 11.8 Å². The molecular weight excluding hydrogens is 301 g/mol. The third-order valence-corrected chi connectivity index (χ3v) is 4.39. The van der Waals surface area contributed by atoms with Gasteiger partial charge in [0.25, 0.3) is 0 Å². The Labute approximate surface area is 134 Å². The number of carbonyl (C=O) groups excluding carboxylic acids is 2. The molecule has 3 rings (SSSR count). The minimum absolute atomic E-state index is 0.0956. The second-order valence-electron chi connectivity index (χ2n) is 6.05. The van der Waals surface area contributed by atoms with Crippen molar-refractivity contribution in [3.63, 3.8) is 0 Å². The fourth-order valence-electron chi connectivity index (χ4n) is 3.01. The van der Waals surface area contributed by atoms with Crippen molar-refractivity contribution in [1.29, 1.82) is 0 Å². The van der Waals surface area contributed by atoms with Crippen LogP contribution in [-0.2, 0) is 9.53 Å². The summed E-state index contributed by atoms with van der Waals surface area (Å²) in [4.78, 5) is 26.6. The van der Waals surface area contributed by atoms with E-state index in [9.17, 15) is 14.0 Å². The van der Waals surface area contributed by atoms with E-state index in [-0.39, 0.29) is 24.3 Å². The Bertz CT molecular complexity index is 637. The van der Waals surface area contributed by atoms with E-state index in [1.165, 1.54) is 11.0 Å². The normalized spacial score (nSPS) is 25.0. The molecular formula is C16H20FN3O3. The fourth-order valence-corrected chi connectivity index (χ4v) is 3.01. The lowest BCUT2D eigenvalue weighted by molar-refractivity contribution is -0.122. The lowest BCUT2D eigenvalue weighted by Crippen LogP contribution is -2.40. The molecule has 1 aromatic carbocycles. The summed E-state index contributed by atoms with van der Waals surface area (Å²) < 4.78 is 19.6. The number of piperidine rings is 1. The number of amides is 1. The second-order valence-corrected chi connectivity index (χ2v) is 6.05. The minimum atomic E-state index is -0.509. The molecule has 2 saturated heterocycles. The summed E-state index contributed by atoms with van der Waals surface area (Å²) in [6, 6.07) is 4.67. The molecule has 7 heteroatoms. The van der Waals surface area contributed by atoms with Crippen molar-refractivity contribution in [2.75, 3.05) is 36.0 Å². The monoisotopic (exact) mass is 321 g/mol. The van der Waals surface area contributed by atoms with Crippen molar-refractivity contribution in [3.05, 3.63) is 24.0 Å². The summed E-state index contributed by atoms with van der Waals surface area (Å²) in [5, 5.41) is 0. The number of rotatable bonds is 3. The summed E-state index contributed by atoms with van der Waals surface area (Å²) in [6.45, 7) is 3.44. The van der Waals surface area contributed by atoms with Gasteiger partial charge in [-0.2, -0.15) is 0 Å². The van der Waals surface area contributed by atoms with Gasteiger partial charge in [0, 0.05) is 32.0 Å². The van der Waals surface area contributed by atoms with Gasteiger partial charge in [-0.15, -0.1) is 0 Å². The average molecular weight is 321 g/mol. The number of carbonyl (C=O) groups is 2. The van der Waals surface area contributed by atoms with E-state index in [1.54, 1.807) is 12.1 Å². The number of hydrogen-bond acceptors (Lipinski definition) is 5. The van der Waals surface area contributed by atoms with Crippen LogP contribution in [0.4, 0.5) is 20.6 Å². The maximum Gasteiger partial charge on any atom is 0.414 e. The molecule has 0 aromatic heterocycles. The van der Waals surface area contributed by atoms with Crippen LogP contribution in [-0.4, -0.2) is 44.2 Å². The van der Waals surface area contributed by atoms with Crippen LogP contribution in [0.25, 0.3) is 0 Å². The number of ketones is 1. The highest BCUT2D eigenvalue weighted by atomic mass is 19.1. The van der Waals surface area contributed by atoms with Crippen LogP contribution in [0.15, 0.2) is 18.2 Å². The average Bonchev–Trinajstić information content (AvgIpc) is 2.91. The molecule has 0 saturated carbocycles. The van der Waals surface area contributed by atoms with Crippen LogP contribution < -0.4 is 15.5 Å². The Kier molecular flexibility index (Phi) is 4.21. The van der Waals surface area contributed by atoms with Crippen molar-refractivity contribution >= 4 is 23.3 Å². The van der Waals surface area contributed by atoms with Crippen LogP contribution in [0.2, 0.25) is 0 Å². The van der Waals surface area contributed by atoms with E-state index in [2.05, 4.69) is 0 Å². The zero-order valence-corrected chi connectivity index (χ0v) is 13.0. The SMILES string of the molecule is CC1CN(c2ccc(N3C[C@H](CN)OC3=O)cc2F)CCC1=O. The smallest absolute Gasteiger partial charge is 0.414 e. The van der Waals surface area contributed by atoms with Gasteiger partial charge >= 0.3 is 6.09 Å². The highest BCUT2D eigenvalue weighted by Crippen LogP contribution is 2.29. The van der Waals surface area contributed by atoms with Gasteiger partial charge in [0.05, 0.1) is 17.9 Å². The van der Waals surface area contributed by atoms with E-state index < -0.39 is 11.9 Å². The lowest BCUT2D eigenvalue weighted by Gasteiger charge is -2.32. The largest absolute Gasteiger partial charge is 0.443 e. The quantitative estimate of drug-likeness (QED) is 0.913. The first-order chi connectivity index (χ1) is 11.0. The van der Waals surface area contributed by atoms with E-state index in [4.69, 9.17) is 10.5 Å². The molecule has 2 heterocycles. The summed E-state index contributed by atoms with van der Waals surface area (Å²) in [7, 11) is 0. The van der Waals surface area contributed by atoms with Crippen molar-refractivity contribution in [2.24, 2.45) is 11.7 Å². The molecule has 1 amide bonds. The van der Waals surface area contributed by atoms with Gasteiger partial charge in [0.15, 0.2) is 0 Å². The Balaban J connectivity index is 1.79. The van der Waals surface area contributed by atoms with Gasteiger partial charge in [0.2, 0.25) is 0 Å². The molecule has 2 N–H and O–H groups in total. The third kappa shape index (κ3) is 3.01. The van der Waals surface area contributed by atoms with Gasteiger partial charge in [-0.3, -0.25) is 9.69 Å². The molecule has 0 aliphatic carbocycles. The molecule has 6 nitrogen and oxygen atoms in total. The number of benzene rings is 1. The van der Waals surface area contributed by atoms with Gasteiger partial charge in [-0.1, -0.05) is 6.92 Å². The Morgan fingerprint density at radius 3 is 2.74 bits per heavy atom. The summed E-state index contributed by atoms with van der Waals surface area (Å²) in [5.74, 6) is -0.291. The molecule has 2 atom stereocenters. The van der Waals surface area contributed by atoms with Crippen LogP contribution in [0, 0.1) is 11.7 Å². The fraction of sp³-hybridized carbons (Fsp3) is 0.500. The molecule has 2 fully saturated rings. The molecule has 2 aliphatic rings. The number of cyclic esters (lactones) is 1. The molecule has 23 heavy (non-hydrogen) atoms. The van der Waals surface area contributed by atoms with E-state index >= 15 is 0 Å². The predicted molar refractivity (Wildman–Crippen MR) is 84.1 cm³/mol. The summed E-state index contributed by atoms with van der Waals surface area (Å²) >= 11 is 0. The van der Waals surface area contributed by atoms with E-state index in [0.29, 0.717) is 37.4 Å².